The minimum absolute atomic E-state index is 0.834. The molecule has 0 heterocycles. The Labute approximate surface area is 138 Å². The predicted molar refractivity (Wildman–Crippen MR) is 98.4 cm³/mol. The molecule has 0 heteroatoms. The Bertz CT molecular complexity index is 395. The summed E-state index contributed by atoms with van der Waals surface area (Å²) in [4.78, 5) is 0. The fraction of sp³-hybridized carbons (Fsp3) is 0.727. The molecule has 2 rings (SSSR count). The topological polar surface area (TPSA) is 0 Å². The maximum absolute atomic E-state index is 2.37. The van der Waals surface area contributed by atoms with Crippen LogP contribution in [0.1, 0.15) is 95.1 Å². The third kappa shape index (κ3) is 5.45. The molecule has 1 saturated carbocycles. The molecule has 0 bridgehead atoms. The average Bonchev–Trinajstić information content (AvgIpc) is 2.55. The summed E-state index contributed by atoms with van der Waals surface area (Å²) in [5.74, 6) is 2.84. The van der Waals surface area contributed by atoms with E-state index >= 15 is 0 Å². The smallest absolute Gasteiger partial charge is 0.0162 e. The summed E-state index contributed by atoms with van der Waals surface area (Å²) < 4.78 is 0. The van der Waals surface area contributed by atoms with Gasteiger partial charge in [0.05, 0.1) is 0 Å². The van der Waals surface area contributed by atoms with Crippen LogP contribution in [0.4, 0.5) is 0 Å². The summed E-state index contributed by atoms with van der Waals surface area (Å²) in [6.07, 6.45) is 14.4. The van der Waals surface area contributed by atoms with Crippen molar-refractivity contribution < 1.29 is 0 Å². The molecule has 1 aromatic rings. The number of aryl methyl sites for hydroxylation is 1. The molecule has 124 valence electrons. The highest BCUT2D eigenvalue weighted by Crippen LogP contribution is 2.38. The Morgan fingerprint density at radius 1 is 0.955 bits per heavy atom. The number of hydrogen-bond acceptors (Lipinski definition) is 0. The quantitative estimate of drug-likeness (QED) is 0.473. The monoisotopic (exact) mass is 300 g/mol. The van der Waals surface area contributed by atoms with Crippen molar-refractivity contribution in [1.29, 1.82) is 0 Å². The van der Waals surface area contributed by atoms with Crippen LogP contribution < -0.4 is 0 Å². The van der Waals surface area contributed by atoms with Gasteiger partial charge in [-0.2, -0.15) is 0 Å². The van der Waals surface area contributed by atoms with Gasteiger partial charge in [0.1, 0.15) is 0 Å². The van der Waals surface area contributed by atoms with Gasteiger partial charge in [-0.1, -0.05) is 82.2 Å². The first kappa shape index (κ1) is 17.6. The van der Waals surface area contributed by atoms with Gasteiger partial charge in [0.25, 0.3) is 0 Å². The van der Waals surface area contributed by atoms with Crippen molar-refractivity contribution in [2.45, 2.75) is 90.9 Å². The second-order valence-electron chi connectivity index (χ2n) is 7.62. The van der Waals surface area contributed by atoms with Gasteiger partial charge in [0, 0.05) is 0 Å². The Morgan fingerprint density at radius 3 is 2.23 bits per heavy atom. The van der Waals surface area contributed by atoms with Crippen molar-refractivity contribution in [3.63, 3.8) is 0 Å². The lowest BCUT2D eigenvalue weighted by molar-refractivity contribution is 0.291. The molecule has 0 N–H and O–H groups in total. The van der Waals surface area contributed by atoms with Gasteiger partial charge in [-0.3, -0.25) is 0 Å². The Balaban J connectivity index is 1.67. The molecule has 0 radical (unpaired) electrons. The molecule has 0 nitrogen and oxygen atoms in total. The van der Waals surface area contributed by atoms with Crippen molar-refractivity contribution in [3.05, 3.63) is 35.4 Å². The van der Waals surface area contributed by atoms with Gasteiger partial charge < -0.3 is 0 Å². The molecule has 1 atom stereocenters. The van der Waals surface area contributed by atoms with Crippen molar-refractivity contribution >= 4 is 0 Å². The summed E-state index contributed by atoms with van der Waals surface area (Å²) in [6, 6.07) is 9.27. The van der Waals surface area contributed by atoms with Crippen LogP contribution in [0.15, 0.2) is 24.3 Å². The molecule has 1 aromatic carbocycles. The van der Waals surface area contributed by atoms with E-state index < -0.39 is 0 Å². The standard InChI is InChI=1S/C22H36/c1-4-7-19(5-2)8-6-9-20-12-16-22(17-13-20)21-14-10-18(3)11-15-21/h10-11,14-15,19-20,22H,4-9,12-13,16-17H2,1-3H3. The van der Waals surface area contributed by atoms with Gasteiger partial charge in [0.15, 0.2) is 0 Å². The summed E-state index contributed by atoms with van der Waals surface area (Å²) in [7, 11) is 0. The highest BCUT2D eigenvalue weighted by Gasteiger charge is 2.22. The van der Waals surface area contributed by atoms with E-state index in [1.807, 2.05) is 0 Å². The third-order valence-electron chi connectivity index (χ3n) is 5.89. The zero-order chi connectivity index (χ0) is 15.8. The zero-order valence-corrected chi connectivity index (χ0v) is 15.1. The molecule has 0 aliphatic heterocycles. The van der Waals surface area contributed by atoms with E-state index in [0.717, 1.165) is 17.8 Å². The third-order valence-corrected chi connectivity index (χ3v) is 5.89. The van der Waals surface area contributed by atoms with Crippen molar-refractivity contribution in [2.75, 3.05) is 0 Å². The lowest BCUT2D eigenvalue weighted by Gasteiger charge is -2.29. The minimum Gasteiger partial charge on any atom is -0.0654 e. The molecule has 0 spiro atoms. The molecule has 0 aromatic heterocycles. The van der Waals surface area contributed by atoms with Crippen LogP contribution in [-0.2, 0) is 0 Å². The fourth-order valence-corrected chi connectivity index (χ4v) is 4.28. The second kappa shape index (κ2) is 9.38. The fourth-order valence-electron chi connectivity index (χ4n) is 4.28. The summed E-state index contributed by atoms with van der Waals surface area (Å²) in [6.45, 7) is 6.88. The van der Waals surface area contributed by atoms with Crippen LogP contribution in [-0.4, -0.2) is 0 Å². The number of hydrogen-bond donors (Lipinski definition) is 0. The van der Waals surface area contributed by atoms with Gasteiger partial charge in [0.2, 0.25) is 0 Å². The lowest BCUT2D eigenvalue weighted by atomic mass is 9.76. The first-order chi connectivity index (χ1) is 10.7. The summed E-state index contributed by atoms with van der Waals surface area (Å²) in [5.41, 5.74) is 2.97. The number of benzene rings is 1. The van der Waals surface area contributed by atoms with E-state index in [2.05, 4.69) is 45.0 Å². The zero-order valence-electron chi connectivity index (χ0n) is 15.1. The largest absolute Gasteiger partial charge is 0.0654 e. The van der Waals surface area contributed by atoms with Crippen LogP contribution >= 0.6 is 0 Å². The molecule has 0 saturated heterocycles. The molecule has 1 aliphatic carbocycles. The summed E-state index contributed by atoms with van der Waals surface area (Å²) >= 11 is 0. The molecular formula is C22H36. The van der Waals surface area contributed by atoms with Gasteiger partial charge in [-0.15, -0.1) is 0 Å². The van der Waals surface area contributed by atoms with E-state index in [1.165, 1.54) is 69.8 Å². The Hall–Kier alpha value is -0.780. The molecule has 22 heavy (non-hydrogen) atoms. The lowest BCUT2D eigenvalue weighted by Crippen LogP contribution is -2.13. The Morgan fingerprint density at radius 2 is 1.64 bits per heavy atom. The molecule has 0 amide bonds. The first-order valence-corrected chi connectivity index (χ1v) is 9.79. The highest BCUT2D eigenvalue weighted by atomic mass is 14.3. The predicted octanol–water partition coefficient (Wildman–Crippen LogP) is 7.27. The maximum atomic E-state index is 2.37. The van der Waals surface area contributed by atoms with Crippen molar-refractivity contribution in [1.82, 2.24) is 0 Å². The van der Waals surface area contributed by atoms with Crippen LogP contribution in [0.3, 0.4) is 0 Å². The molecule has 1 aliphatic rings. The van der Waals surface area contributed by atoms with E-state index in [4.69, 9.17) is 0 Å². The van der Waals surface area contributed by atoms with Gasteiger partial charge in [-0.05, 0) is 55.9 Å². The highest BCUT2D eigenvalue weighted by molar-refractivity contribution is 5.24. The van der Waals surface area contributed by atoms with Gasteiger partial charge >= 0.3 is 0 Å². The van der Waals surface area contributed by atoms with E-state index in [1.54, 1.807) is 5.56 Å². The normalized spacial score (nSPS) is 23.4. The van der Waals surface area contributed by atoms with E-state index in [9.17, 15) is 0 Å². The van der Waals surface area contributed by atoms with Crippen molar-refractivity contribution in [3.8, 4) is 0 Å². The molecule has 1 unspecified atom stereocenters. The van der Waals surface area contributed by atoms with Crippen LogP contribution in [0.5, 0.6) is 0 Å². The first-order valence-electron chi connectivity index (χ1n) is 9.79. The van der Waals surface area contributed by atoms with Gasteiger partial charge in [-0.25, -0.2) is 0 Å². The van der Waals surface area contributed by atoms with Crippen LogP contribution in [0.25, 0.3) is 0 Å². The summed E-state index contributed by atoms with van der Waals surface area (Å²) in [5, 5.41) is 0. The maximum Gasteiger partial charge on any atom is -0.0162 e. The molecule has 1 fully saturated rings. The average molecular weight is 301 g/mol. The minimum atomic E-state index is 0.834. The van der Waals surface area contributed by atoms with E-state index in [-0.39, 0.29) is 0 Å². The second-order valence-corrected chi connectivity index (χ2v) is 7.62. The van der Waals surface area contributed by atoms with Crippen LogP contribution in [0, 0.1) is 18.8 Å². The Kier molecular flexibility index (Phi) is 7.49. The number of rotatable bonds is 8. The van der Waals surface area contributed by atoms with Crippen molar-refractivity contribution in [2.24, 2.45) is 11.8 Å². The SMILES string of the molecule is CCCC(CC)CCCC1CCC(c2ccc(C)cc2)CC1. The van der Waals surface area contributed by atoms with Crippen LogP contribution in [0.2, 0.25) is 0 Å². The molecular weight excluding hydrogens is 264 g/mol. The van der Waals surface area contributed by atoms with E-state index in [0.29, 0.717) is 0 Å².